The second-order valence-electron chi connectivity index (χ2n) is 11.4. The van der Waals surface area contributed by atoms with E-state index in [1.54, 1.807) is 0 Å². The predicted molar refractivity (Wildman–Crippen MR) is 114 cm³/mol. The Morgan fingerprint density at radius 1 is 0.600 bits per heavy atom. The van der Waals surface area contributed by atoms with Crippen molar-refractivity contribution >= 4 is 0 Å². The molecule has 1 heteroatoms. The zero-order valence-corrected chi connectivity index (χ0v) is 19.4. The Morgan fingerprint density at radius 2 is 0.920 bits per heavy atom. The number of ether oxygens (including phenoxy) is 1. The molecule has 0 heterocycles. The van der Waals surface area contributed by atoms with Crippen LogP contribution >= 0.6 is 0 Å². The monoisotopic (exact) mass is 354 g/mol. The maximum Gasteiger partial charge on any atom is 0.0517 e. The molecular weight excluding hydrogens is 304 g/mol. The molecule has 0 rings (SSSR count). The number of rotatable bonds is 14. The third-order valence-electron chi connectivity index (χ3n) is 5.36. The average molecular weight is 355 g/mol. The van der Waals surface area contributed by atoms with E-state index >= 15 is 0 Å². The Bertz CT molecular complexity index is 295. The molecule has 0 bridgehead atoms. The van der Waals surface area contributed by atoms with Gasteiger partial charge in [-0.1, -0.05) is 82.1 Å². The molecule has 0 aliphatic heterocycles. The van der Waals surface area contributed by atoms with Gasteiger partial charge in [0.05, 0.1) is 13.2 Å². The first-order valence-corrected chi connectivity index (χ1v) is 10.9. The van der Waals surface area contributed by atoms with E-state index < -0.39 is 0 Å². The maximum atomic E-state index is 6.19. The van der Waals surface area contributed by atoms with Crippen LogP contribution in [0.1, 0.15) is 108 Å². The fourth-order valence-electron chi connectivity index (χ4n) is 3.87. The fourth-order valence-corrected chi connectivity index (χ4v) is 3.87. The highest BCUT2D eigenvalue weighted by atomic mass is 16.5. The Balaban J connectivity index is 4.07. The SMILES string of the molecule is CC(C)CC(C)CCC(C)(C)COCC(C)(C)CCC(C)CC(C)C. The quantitative estimate of drug-likeness (QED) is 0.307. The highest BCUT2D eigenvalue weighted by Gasteiger charge is 2.23. The number of hydrogen-bond acceptors (Lipinski definition) is 1. The first kappa shape index (κ1) is 25.0. The lowest BCUT2D eigenvalue weighted by Gasteiger charge is -2.31. The van der Waals surface area contributed by atoms with Crippen molar-refractivity contribution in [3.63, 3.8) is 0 Å². The molecule has 0 spiro atoms. The van der Waals surface area contributed by atoms with E-state index in [2.05, 4.69) is 69.2 Å². The molecular formula is C24H50O. The zero-order chi connectivity index (χ0) is 19.7. The Morgan fingerprint density at radius 3 is 1.20 bits per heavy atom. The minimum atomic E-state index is 0.298. The average Bonchev–Trinajstić information content (AvgIpc) is 2.41. The Kier molecular flexibility index (Phi) is 11.6. The molecule has 0 aliphatic carbocycles. The van der Waals surface area contributed by atoms with E-state index in [4.69, 9.17) is 4.74 Å². The largest absolute Gasteiger partial charge is 0.380 e. The zero-order valence-electron chi connectivity index (χ0n) is 19.4. The third kappa shape index (κ3) is 14.8. The van der Waals surface area contributed by atoms with Crippen LogP contribution in [0.3, 0.4) is 0 Å². The van der Waals surface area contributed by atoms with Gasteiger partial charge in [-0.3, -0.25) is 0 Å². The van der Waals surface area contributed by atoms with Crippen molar-refractivity contribution in [3.8, 4) is 0 Å². The van der Waals surface area contributed by atoms with Gasteiger partial charge in [0.2, 0.25) is 0 Å². The molecule has 0 saturated carbocycles. The first-order valence-electron chi connectivity index (χ1n) is 10.9. The van der Waals surface area contributed by atoms with Crippen molar-refractivity contribution in [2.75, 3.05) is 13.2 Å². The van der Waals surface area contributed by atoms with Gasteiger partial charge >= 0.3 is 0 Å². The Labute approximate surface area is 160 Å². The van der Waals surface area contributed by atoms with Gasteiger partial charge in [0.1, 0.15) is 0 Å². The van der Waals surface area contributed by atoms with Crippen LogP contribution in [-0.4, -0.2) is 13.2 Å². The minimum absolute atomic E-state index is 0.298. The molecule has 0 fully saturated rings. The van der Waals surface area contributed by atoms with Gasteiger partial charge in [-0.2, -0.15) is 0 Å². The van der Waals surface area contributed by atoms with Crippen molar-refractivity contribution in [2.24, 2.45) is 34.5 Å². The molecule has 0 radical (unpaired) electrons. The summed E-state index contributed by atoms with van der Waals surface area (Å²) in [6.07, 6.45) is 7.88. The van der Waals surface area contributed by atoms with Crippen LogP contribution in [0, 0.1) is 34.5 Å². The van der Waals surface area contributed by atoms with E-state index in [1.807, 2.05) is 0 Å². The topological polar surface area (TPSA) is 9.23 Å². The highest BCUT2D eigenvalue weighted by molar-refractivity contribution is 4.73. The smallest absolute Gasteiger partial charge is 0.0517 e. The molecule has 0 aliphatic rings. The molecule has 0 aromatic carbocycles. The lowest BCUT2D eigenvalue weighted by atomic mass is 9.82. The number of hydrogen-bond donors (Lipinski definition) is 0. The summed E-state index contributed by atoms with van der Waals surface area (Å²) in [6.45, 7) is 25.4. The van der Waals surface area contributed by atoms with Crippen LogP contribution in [0.2, 0.25) is 0 Å². The summed E-state index contributed by atoms with van der Waals surface area (Å²) in [5.74, 6) is 3.29. The van der Waals surface area contributed by atoms with Gasteiger partial charge in [-0.05, 0) is 60.2 Å². The minimum Gasteiger partial charge on any atom is -0.380 e. The van der Waals surface area contributed by atoms with Gasteiger partial charge < -0.3 is 4.74 Å². The van der Waals surface area contributed by atoms with E-state index in [0.717, 1.165) is 36.9 Å². The van der Waals surface area contributed by atoms with E-state index in [9.17, 15) is 0 Å². The van der Waals surface area contributed by atoms with Crippen molar-refractivity contribution in [3.05, 3.63) is 0 Å². The first-order chi connectivity index (χ1) is 11.3. The van der Waals surface area contributed by atoms with E-state index in [0.29, 0.717) is 10.8 Å². The van der Waals surface area contributed by atoms with Gasteiger partial charge in [0.25, 0.3) is 0 Å². The standard InChI is InChI=1S/C24H50O/c1-19(2)15-21(5)11-13-23(7,8)17-25-18-24(9,10)14-12-22(6)16-20(3)4/h19-22H,11-18H2,1-10H3. The fraction of sp³-hybridized carbons (Fsp3) is 1.00. The molecule has 2 unspecified atom stereocenters. The molecule has 25 heavy (non-hydrogen) atoms. The van der Waals surface area contributed by atoms with Crippen LogP contribution in [0.5, 0.6) is 0 Å². The van der Waals surface area contributed by atoms with Crippen molar-refractivity contribution in [1.82, 2.24) is 0 Å². The van der Waals surface area contributed by atoms with E-state index in [1.165, 1.54) is 38.5 Å². The summed E-state index contributed by atoms with van der Waals surface area (Å²) in [4.78, 5) is 0. The van der Waals surface area contributed by atoms with Crippen LogP contribution in [0.15, 0.2) is 0 Å². The molecule has 0 aromatic heterocycles. The van der Waals surface area contributed by atoms with E-state index in [-0.39, 0.29) is 0 Å². The van der Waals surface area contributed by atoms with Crippen LogP contribution < -0.4 is 0 Å². The van der Waals surface area contributed by atoms with Crippen molar-refractivity contribution in [1.29, 1.82) is 0 Å². The third-order valence-corrected chi connectivity index (χ3v) is 5.36. The molecule has 0 amide bonds. The van der Waals surface area contributed by atoms with Crippen LogP contribution in [0.25, 0.3) is 0 Å². The lowest BCUT2D eigenvalue weighted by molar-refractivity contribution is 0.00577. The molecule has 2 atom stereocenters. The second kappa shape index (κ2) is 11.6. The summed E-state index contributed by atoms with van der Waals surface area (Å²) in [6, 6.07) is 0. The molecule has 0 saturated heterocycles. The maximum absolute atomic E-state index is 6.19. The summed E-state index contributed by atoms with van der Waals surface area (Å²) in [5.41, 5.74) is 0.596. The molecule has 152 valence electrons. The predicted octanol–water partition coefficient (Wildman–Crippen LogP) is 7.98. The van der Waals surface area contributed by atoms with Crippen LogP contribution in [0.4, 0.5) is 0 Å². The molecule has 0 N–H and O–H groups in total. The van der Waals surface area contributed by atoms with Crippen molar-refractivity contribution < 1.29 is 4.74 Å². The van der Waals surface area contributed by atoms with Crippen LogP contribution in [-0.2, 0) is 4.74 Å². The summed E-state index contributed by atoms with van der Waals surface area (Å²) < 4.78 is 6.19. The summed E-state index contributed by atoms with van der Waals surface area (Å²) >= 11 is 0. The summed E-state index contributed by atoms with van der Waals surface area (Å²) in [5, 5.41) is 0. The summed E-state index contributed by atoms with van der Waals surface area (Å²) in [7, 11) is 0. The normalized spacial score (nSPS) is 15.8. The Hall–Kier alpha value is -0.0400. The second-order valence-corrected chi connectivity index (χ2v) is 11.4. The lowest BCUT2D eigenvalue weighted by Crippen LogP contribution is -2.26. The van der Waals surface area contributed by atoms with Gasteiger partial charge in [0.15, 0.2) is 0 Å². The van der Waals surface area contributed by atoms with Gasteiger partial charge in [0, 0.05) is 0 Å². The van der Waals surface area contributed by atoms with Gasteiger partial charge in [-0.15, -0.1) is 0 Å². The van der Waals surface area contributed by atoms with Gasteiger partial charge in [-0.25, -0.2) is 0 Å². The van der Waals surface area contributed by atoms with Crippen molar-refractivity contribution in [2.45, 2.75) is 108 Å². The molecule has 0 aromatic rings. The molecule has 1 nitrogen and oxygen atoms in total. The highest BCUT2D eigenvalue weighted by Crippen LogP contribution is 2.30.